The minimum Gasteiger partial charge on any atom is -0.339 e. The lowest BCUT2D eigenvalue weighted by Crippen LogP contribution is -2.44. The fraction of sp³-hybridized carbons (Fsp3) is 0.625. The summed E-state index contributed by atoms with van der Waals surface area (Å²) in [5.74, 6) is 0.149. The van der Waals surface area contributed by atoms with Gasteiger partial charge < -0.3 is 10.2 Å². The highest BCUT2D eigenvalue weighted by molar-refractivity contribution is 5.95. The summed E-state index contributed by atoms with van der Waals surface area (Å²) in [5.41, 5.74) is 3.03. The highest BCUT2D eigenvalue weighted by Gasteiger charge is 2.38. The summed E-state index contributed by atoms with van der Waals surface area (Å²) in [6.45, 7) is 7.91. The van der Waals surface area contributed by atoms with Crippen LogP contribution in [-0.4, -0.2) is 42.0 Å². The van der Waals surface area contributed by atoms with Crippen LogP contribution in [0.3, 0.4) is 0 Å². The molecule has 0 atom stereocenters. The minimum absolute atomic E-state index is 0.149. The molecule has 0 aliphatic carbocycles. The number of carbonyl (C=O) groups excluding carboxylic acids is 1. The van der Waals surface area contributed by atoms with Crippen molar-refractivity contribution in [2.75, 3.05) is 26.2 Å². The first-order chi connectivity index (χ1) is 9.60. The third-order valence-electron chi connectivity index (χ3n) is 4.90. The molecule has 1 aromatic heterocycles. The fourth-order valence-corrected chi connectivity index (χ4v) is 3.49. The van der Waals surface area contributed by atoms with Crippen LogP contribution in [0.2, 0.25) is 0 Å². The normalized spacial score (nSPS) is 21.4. The van der Waals surface area contributed by atoms with Gasteiger partial charge in [0.25, 0.3) is 5.91 Å². The van der Waals surface area contributed by atoms with Crippen LogP contribution in [0.5, 0.6) is 0 Å². The average Bonchev–Trinajstić information content (AvgIpc) is 2.87. The van der Waals surface area contributed by atoms with Crippen molar-refractivity contribution in [3.8, 4) is 0 Å². The highest BCUT2D eigenvalue weighted by Crippen LogP contribution is 2.37. The van der Waals surface area contributed by atoms with Crippen LogP contribution in [0.1, 0.15) is 41.0 Å². The Morgan fingerprint density at radius 1 is 1.25 bits per heavy atom. The van der Waals surface area contributed by atoms with Gasteiger partial charge in [-0.2, -0.15) is 0 Å². The Bertz CT molecular complexity index is 510. The molecule has 1 N–H and O–H groups in total. The van der Waals surface area contributed by atoms with Crippen molar-refractivity contribution in [1.82, 2.24) is 15.2 Å². The predicted molar refractivity (Wildman–Crippen MR) is 78.8 cm³/mol. The monoisotopic (exact) mass is 273 g/mol. The molecule has 4 heteroatoms. The number of nitrogens with zero attached hydrogens (tertiary/aromatic N) is 2. The number of likely N-dealkylation sites (tertiary alicyclic amines) is 1. The third-order valence-corrected chi connectivity index (χ3v) is 4.90. The molecule has 2 saturated heterocycles. The van der Waals surface area contributed by atoms with E-state index in [4.69, 9.17) is 0 Å². The second-order valence-corrected chi connectivity index (χ2v) is 6.30. The summed E-state index contributed by atoms with van der Waals surface area (Å²) in [7, 11) is 0. The van der Waals surface area contributed by atoms with E-state index < -0.39 is 0 Å². The lowest BCUT2D eigenvalue weighted by Gasteiger charge is -2.39. The molecule has 1 amide bonds. The minimum atomic E-state index is 0.149. The first-order valence-electron chi connectivity index (χ1n) is 7.54. The smallest absolute Gasteiger partial charge is 0.255 e. The molecule has 20 heavy (non-hydrogen) atoms. The Hall–Kier alpha value is -1.42. The van der Waals surface area contributed by atoms with Crippen LogP contribution >= 0.6 is 0 Å². The molecule has 0 saturated carbocycles. The van der Waals surface area contributed by atoms with Gasteiger partial charge in [-0.3, -0.25) is 9.78 Å². The number of pyridine rings is 1. The maximum atomic E-state index is 12.6. The third kappa shape index (κ3) is 2.44. The standard InChI is InChI=1S/C16H23N3O/c1-12-3-4-14(13(2)18-12)15(20)19-9-6-16(7-10-19)5-8-17-11-16/h3-4,17H,5-11H2,1-2H3. The quantitative estimate of drug-likeness (QED) is 0.850. The van der Waals surface area contributed by atoms with E-state index in [2.05, 4.69) is 10.3 Å². The number of hydrogen-bond acceptors (Lipinski definition) is 3. The maximum absolute atomic E-state index is 12.6. The van der Waals surface area contributed by atoms with Crippen LogP contribution in [-0.2, 0) is 0 Å². The summed E-state index contributed by atoms with van der Waals surface area (Å²) in [4.78, 5) is 19.0. The van der Waals surface area contributed by atoms with E-state index >= 15 is 0 Å². The highest BCUT2D eigenvalue weighted by atomic mass is 16.2. The van der Waals surface area contributed by atoms with Gasteiger partial charge in [0.05, 0.1) is 11.3 Å². The van der Waals surface area contributed by atoms with Gasteiger partial charge in [0.1, 0.15) is 0 Å². The summed E-state index contributed by atoms with van der Waals surface area (Å²) in [5, 5.41) is 3.46. The zero-order chi connectivity index (χ0) is 14.2. The number of amides is 1. The molecule has 3 heterocycles. The lowest BCUT2D eigenvalue weighted by molar-refractivity contribution is 0.0606. The van der Waals surface area contributed by atoms with Gasteiger partial charge in [-0.1, -0.05) is 0 Å². The molecule has 0 radical (unpaired) electrons. The molecule has 2 aliphatic heterocycles. The van der Waals surface area contributed by atoms with Crippen LogP contribution in [0.15, 0.2) is 12.1 Å². The van der Waals surface area contributed by atoms with Gasteiger partial charge in [-0.05, 0) is 57.2 Å². The summed E-state index contributed by atoms with van der Waals surface area (Å²) in [6.07, 6.45) is 3.52. The molecule has 2 fully saturated rings. The van der Waals surface area contributed by atoms with E-state index in [0.29, 0.717) is 5.41 Å². The fourth-order valence-electron chi connectivity index (χ4n) is 3.49. The van der Waals surface area contributed by atoms with Gasteiger partial charge in [0, 0.05) is 25.3 Å². The topological polar surface area (TPSA) is 45.2 Å². The second kappa shape index (κ2) is 5.17. The number of piperidine rings is 1. The summed E-state index contributed by atoms with van der Waals surface area (Å²) in [6, 6.07) is 3.84. The van der Waals surface area contributed by atoms with E-state index in [1.807, 2.05) is 30.9 Å². The lowest BCUT2D eigenvalue weighted by atomic mass is 9.78. The Morgan fingerprint density at radius 2 is 2.00 bits per heavy atom. The van der Waals surface area contributed by atoms with E-state index in [1.54, 1.807) is 0 Å². The van der Waals surface area contributed by atoms with Crippen molar-refractivity contribution < 1.29 is 4.79 Å². The van der Waals surface area contributed by atoms with Gasteiger partial charge in [-0.25, -0.2) is 0 Å². The van der Waals surface area contributed by atoms with Gasteiger partial charge in [0.2, 0.25) is 0 Å². The summed E-state index contributed by atoms with van der Waals surface area (Å²) >= 11 is 0. The predicted octanol–water partition coefficient (Wildman–Crippen LogP) is 1.91. The Morgan fingerprint density at radius 3 is 2.60 bits per heavy atom. The van der Waals surface area contributed by atoms with Gasteiger partial charge >= 0.3 is 0 Å². The Balaban J connectivity index is 1.69. The zero-order valence-electron chi connectivity index (χ0n) is 12.4. The van der Waals surface area contributed by atoms with Crippen molar-refractivity contribution in [3.63, 3.8) is 0 Å². The largest absolute Gasteiger partial charge is 0.339 e. The van der Waals surface area contributed by atoms with Crippen LogP contribution in [0.4, 0.5) is 0 Å². The number of nitrogens with one attached hydrogen (secondary N) is 1. The molecule has 0 unspecified atom stereocenters. The number of aryl methyl sites for hydroxylation is 2. The molecular weight excluding hydrogens is 250 g/mol. The molecule has 4 nitrogen and oxygen atoms in total. The van der Waals surface area contributed by atoms with Crippen LogP contribution < -0.4 is 5.32 Å². The van der Waals surface area contributed by atoms with E-state index in [9.17, 15) is 4.79 Å². The second-order valence-electron chi connectivity index (χ2n) is 6.30. The first kappa shape index (κ1) is 13.6. The molecule has 0 bridgehead atoms. The SMILES string of the molecule is Cc1ccc(C(=O)N2CCC3(CCNC3)CC2)c(C)n1. The van der Waals surface area contributed by atoms with Crippen LogP contribution in [0.25, 0.3) is 0 Å². The molecular formula is C16H23N3O. The van der Waals surface area contributed by atoms with E-state index in [-0.39, 0.29) is 5.91 Å². The Kier molecular flexibility index (Phi) is 3.50. The number of aromatic nitrogens is 1. The van der Waals surface area contributed by atoms with Crippen molar-refractivity contribution in [3.05, 3.63) is 29.1 Å². The van der Waals surface area contributed by atoms with Crippen molar-refractivity contribution in [2.24, 2.45) is 5.41 Å². The van der Waals surface area contributed by atoms with Crippen LogP contribution in [0, 0.1) is 19.3 Å². The molecule has 1 spiro atoms. The number of carbonyl (C=O) groups is 1. The van der Waals surface area contributed by atoms with Gasteiger partial charge in [-0.15, -0.1) is 0 Å². The van der Waals surface area contributed by atoms with Crippen molar-refractivity contribution >= 4 is 5.91 Å². The van der Waals surface area contributed by atoms with Crippen molar-refractivity contribution in [2.45, 2.75) is 33.1 Å². The first-order valence-corrected chi connectivity index (χ1v) is 7.54. The average molecular weight is 273 g/mol. The molecule has 1 aromatic rings. The van der Waals surface area contributed by atoms with Gasteiger partial charge in [0.15, 0.2) is 0 Å². The Labute approximate surface area is 120 Å². The van der Waals surface area contributed by atoms with E-state index in [1.165, 1.54) is 6.42 Å². The molecule has 108 valence electrons. The maximum Gasteiger partial charge on any atom is 0.255 e. The molecule has 2 aliphatic rings. The molecule has 0 aromatic carbocycles. The summed E-state index contributed by atoms with van der Waals surface area (Å²) < 4.78 is 0. The molecule has 3 rings (SSSR count). The number of rotatable bonds is 1. The van der Waals surface area contributed by atoms with Crippen molar-refractivity contribution in [1.29, 1.82) is 0 Å². The zero-order valence-corrected chi connectivity index (χ0v) is 12.4. The van der Waals surface area contributed by atoms with E-state index in [0.717, 1.165) is 56.0 Å². The number of hydrogen-bond donors (Lipinski definition) is 1.